The van der Waals surface area contributed by atoms with Gasteiger partial charge in [0.05, 0.1) is 18.1 Å². The summed E-state index contributed by atoms with van der Waals surface area (Å²) in [6.07, 6.45) is 0.938. The van der Waals surface area contributed by atoms with E-state index in [0.717, 1.165) is 32.4 Å². The molecule has 9 nitrogen and oxygen atoms in total. The number of esters is 1. The number of methoxy groups -OCH3 is 1. The van der Waals surface area contributed by atoms with Crippen molar-refractivity contribution < 1.29 is 34.0 Å². The average molecular weight is 573 g/mol. The lowest BCUT2D eigenvalue weighted by Gasteiger charge is -2.53. The highest BCUT2D eigenvalue weighted by Crippen LogP contribution is 2.41. The lowest BCUT2D eigenvalue weighted by molar-refractivity contribution is -0.328. The van der Waals surface area contributed by atoms with Crippen LogP contribution in [0.1, 0.15) is 94.4 Å². The molecule has 2 aliphatic rings. The molecule has 0 aliphatic carbocycles. The van der Waals surface area contributed by atoms with Gasteiger partial charge < -0.3 is 39.8 Å². The van der Waals surface area contributed by atoms with Crippen LogP contribution < -0.4 is 10.6 Å². The Labute approximate surface area is 243 Å². The van der Waals surface area contributed by atoms with Gasteiger partial charge in [-0.25, -0.2) is 0 Å². The minimum Gasteiger partial charge on any atom is -0.435 e. The summed E-state index contributed by atoms with van der Waals surface area (Å²) < 4.78 is 24.4. The van der Waals surface area contributed by atoms with Crippen molar-refractivity contribution in [1.82, 2.24) is 10.6 Å². The summed E-state index contributed by atoms with van der Waals surface area (Å²) in [5.74, 6) is -0.368. The molecule has 2 aliphatic heterocycles. The largest absolute Gasteiger partial charge is 0.435 e. The summed E-state index contributed by atoms with van der Waals surface area (Å²) in [5, 5.41) is 29.3. The molecule has 0 aromatic heterocycles. The van der Waals surface area contributed by atoms with Crippen LogP contribution in [0.4, 0.5) is 0 Å². The molecule has 0 bridgehead atoms. The lowest BCUT2D eigenvalue weighted by Crippen LogP contribution is -2.70. The molecule has 0 spiro atoms. The molecule has 2 heterocycles. The van der Waals surface area contributed by atoms with Crippen LogP contribution in [0.15, 0.2) is 0 Å². The Hall–Kier alpha value is -0.810. The number of aliphatic hydroxyl groups excluding tert-OH is 1. The van der Waals surface area contributed by atoms with Gasteiger partial charge in [0.2, 0.25) is 6.29 Å². The first-order valence-electron chi connectivity index (χ1n) is 15.6. The zero-order chi connectivity index (χ0) is 30.3. The predicted molar refractivity (Wildman–Crippen MR) is 157 cm³/mol. The number of hydrogen-bond acceptors (Lipinski definition) is 9. The van der Waals surface area contributed by atoms with E-state index in [0.29, 0.717) is 31.2 Å². The first kappa shape index (κ1) is 35.4. The second-order valence-corrected chi connectivity index (χ2v) is 13.3. The standard InChI is InChI=1S/C31H60N2O7/c1-11-12-32-18-31(36)25(8)38-26(16-30(31,9)37-10)39-27-21(4)14-19(2)13-20(3)17-33-23(6)15-22(5)28(34)40-29(35)24(27)7/h19-28,32-34,36H,11-18H2,1-10H3/t19?,20?,21?,22?,23?,24?,25-,26-,27?,28?,30+,31-/m0/s1. The van der Waals surface area contributed by atoms with Crippen LogP contribution >= 0.6 is 0 Å². The van der Waals surface area contributed by atoms with Crippen molar-refractivity contribution in [3.63, 3.8) is 0 Å². The molecule has 40 heavy (non-hydrogen) atoms. The van der Waals surface area contributed by atoms with Gasteiger partial charge in [0.25, 0.3) is 0 Å². The van der Waals surface area contributed by atoms with Crippen LogP contribution in [-0.4, -0.2) is 85.0 Å². The van der Waals surface area contributed by atoms with Gasteiger partial charge in [-0.05, 0) is 84.2 Å². The maximum absolute atomic E-state index is 13.3. The predicted octanol–water partition coefficient (Wildman–Crippen LogP) is 3.85. The van der Waals surface area contributed by atoms with E-state index in [1.54, 1.807) is 7.11 Å². The van der Waals surface area contributed by atoms with Crippen LogP contribution in [0.25, 0.3) is 0 Å². The monoisotopic (exact) mass is 572 g/mol. The molecular weight excluding hydrogens is 512 g/mol. The molecule has 2 rings (SSSR count). The van der Waals surface area contributed by atoms with Gasteiger partial charge in [0.1, 0.15) is 11.2 Å². The van der Waals surface area contributed by atoms with Crippen molar-refractivity contribution in [3.8, 4) is 0 Å². The Kier molecular flexibility index (Phi) is 13.8. The van der Waals surface area contributed by atoms with Gasteiger partial charge in [0.15, 0.2) is 6.29 Å². The van der Waals surface area contributed by atoms with Crippen LogP contribution in [0.3, 0.4) is 0 Å². The zero-order valence-corrected chi connectivity index (χ0v) is 26.9. The van der Waals surface area contributed by atoms with Crippen molar-refractivity contribution in [2.45, 2.75) is 136 Å². The van der Waals surface area contributed by atoms with Gasteiger partial charge in [0, 0.05) is 32.0 Å². The topological polar surface area (TPSA) is 119 Å². The van der Waals surface area contributed by atoms with E-state index in [9.17, 15) is 15.0 Å². The average Bonchev–Trinajstić information content (AvgIpc) is 2.88. The third-order valence-electron chi connectivity index (χ3n) is 9.35. The Morgan fingerprint density at radius 3 is 2.35 bits per heavy atom. The van der Waals surface area contributed by atoms with E-state index < -0.39 is 47.9 Å². The number of cyclic esters (lactones) is 1. The first-order chi connectivity index (χ1) is 18.7. The van der Waals surface area contributed by atoms with Crippen molar-refractivity contribution in [2.75, 3.05) is 26.7 Å². The van der Waals surface area contributed by atoms with E-state index in [1.807, 2.05) is 27.7 Å². The molecule has 9 heteroatoms. The van der Waals surface area contributed by atoms with E-state index >= 15 is 0 Å². The molecule has 0 radical (unpaired) electrons. The molecule has 12 atom stereocenters. The number of rotatable bonds is 7. The van der Waals surface area contributed by atoms with Crippen molar-refractivity contribution in [1.29, 1.82) is 0 Å². The molecule has 4 N–H and O–H groups in total. The molecule has 2 saturated heterocycles. The number of carbonyl (C=O) groups excluding carboxylic acids is 1. The molecular formula is C31H60N2O7. The van der Waals surface area contributed by atoms with Gasteiger partial charge in [-0.15, -0.1) is 0 Å². The maximum atomic E-state index is 13.3. The fourth-order valence-electron chi connectivity index (χ4n) is 6.63. The normalized spacial score (nSPS) is 44.9. The smallest absolute Gasteiger partial charge is 0.313 e. The summed E-state index contributed by atoms with van der Waals surface area (Å²) in [6, 6.07) is 0.204. The highest BCUT2D eigenvalue weighted by atomic mass is 16.7. The SMILES string of the molecule is CCCNC[C@]1(O)[C@H](C)O[C@@H](OC2C(C)CC(C)CC(C)CNC(C)CC(C)C(O)OC(=O)C2C)C[C@@]1(C)OC. The van der Waals surface area contributed by atoms with Crippen LogP contribution in [0.5, 0.6) is 0 Å². The molecule has 0 amide bonds. The van der Waals surface area contributed by atoms with Crippen LogP contribution in [0, 0.1) is 29.6 Å². The Balaban J connectivity index is 2.29. The summed E-state index contributed by atoms with van der Waals surface area (Å²) in [7, 11) is 1.60. The van der Waals surface area contributed by atoms with Gasteiger partial charge in [-0.1, -0.05) is 34.6 Å². The first-order valence-corrected chi connectivity index (χ1v) is 15.6. The quantitative estimate of drug-likeness (QED) is 0.266. The highest BCUT2D eigenvalue weighted by Gasteiger charge is 2.57. The van der Waals surface area contributed by atoms with Crippen molar-refractivity contribution in [2.24, 2.45) is 29.6 Å². The highest BCUT2D eigenvalue weighted by molar-refractivity contribution is 5.72. The van der Waals surface area contributed by atoms with E-state index in [-0.39, 0.29) is 17.9 Å². The number of hydrogen-bond donors (Lipinski definition) is 4. The summed E-state index contributed by atoms with van der Waals surface area (Å²) in [4.78, 5) is 13.3. The number of carbonyl (C=O) groups is 1. The van der Waals surface area contributed by atoms with Crippen LogP contribution in [-0.2, 0) is 23.7 Å². The Morgan fingerprint density at radius 1 is 1.05 bits per heavy atom. The minimum absolute atomic E-state index is 0.0241. The molecule has 8 unspecified atom stereocenters. The third-order valence-corrected chi connectivity index (χ3v) is 9.35. The minimum atomic E-state index is -1.26. The van der Waals surface area contributed by atoms with E-state index in [2.05, 4.69) is 45.3 Å². The fourth-order valence-corrected chi connectivity index (χ4v) is 6.63. The number of ether oxygens (including phenoxy) is 4. The number of nitrogens with one attached hydrogen (secondary N) is 2. The lowest BCUT2D eigenvalue weighted by atomic mass is 9.75. The Morgan fingerprint density at radius 2 is 1.73 bits per heavy atom. The summed E-state index contributed by atoms with van der Waals surface area (Å²) in [5.41, 5.74) is -2.19. The molecule has 0 aromatic rings. The van der Waals surface area contributed by atoms with Crippen molar-refractivity contribution >= 4 is 5.97 Å². The van der Waals surface area contributed by atoms with Crippen molar-refractivity contribution in [3.05, 3.63) is 0 Å². The van der Waals surface area contributed by atoms with Gasteiger partial charge in [-0.2, -0.15) is 0 Å². The summed E-state index contributed by atoms with van der Waals surface area (Å²) in [6.45, 7) is 20.3. The van der Waals surface area contributed by atoms with Gasteiger partial charge >= 0.3 is 5.97 Å². The fraction of sp³-hybridized carbons (Fsp3) is 0.968. The Bertz CT molecular complexity index is 772. The second kappa shape index (κ2) is 15.6. The van der Waals surface area contributed by atoms with E-state index in [4.69, 9.17) is 18.9 Å². The molecule has 236 valence electrons. The third kappa shape index (κ3) is 9.09. The number of aliphatic hydroxyl groups is 2. The molecule has 0 saturated carbocycles. The van der Waals surface area contributed by atoms with E-state index in [1.165, 1.54) is 0 Å². The van der Waals surface area contributed by atoms with Crippen LogP contribution in [0.2, 0.25) is 0 Å². The zero-order valence-electron chi connectivity index (χ0n) is 26.9. The summed E-state index contributed by atoms with van der Waals surface area (Å²) >= 11 is 0. The van der Waals surface area contributed by atoms with Gasteiger partial charge in [-0.3, -0.25) is 4.79 Å². The second-order valence-electron chi connectivity index (χ2n) is 13.3. The molecule has 0 aromatic carbocycles. The maximum Gasteiger partial charge on any atom is 0.313 e. The molecule has 2 fully saturated rings.